The van der Waals surface area contributed by atoms with E-state index in [1.807, 2.05) is 0 Å². The molecule has 1 atom stereocenters. The maximum Gasteiger partial charge on any atom is 0.266 e. The Bertz CT molecular complexity index is 654. The minimum Gasteiger partial charge on any atom is -0.382 e. The fourth-order valence-corrected chi connectivity index (χ4v) is 2.35. The van der Waals surface area contributed by atoms with Gasteiger partial charge in [0.25, 0.3) is 5.91 Å². The highest BCUT2D eigenvalue weighted by Gasteiger charge is 2.25. The number of halogens is 1. The number of benzene rings is 1. The number of ether oxygens (including phenoxy) is 1. The monoisotopic (exact) mass is 310 g/mol. The number of carbonyl (C=O) groups excluding carboxylic acids is 1. The first-order valence-corrected chi connectivity index (χ1v) is 7.07. The predicted octanol–water partition coefficient (Wildman–Crippen LogP) is 0.761. The number of carbonyl (C=O) groups is 1. The minimum absolute atomic E-state index is 0.0935. The van der Waals surface area contributed by atoms with E-state index in [4.69, 9.17) is 21.2 Å². The summed E-state index contributed by atoms with van der Waals surface area (Å²) < 4.78 is 5.23. The highest BCUT2D eigenvalue weighted by Crippen LogP contribution is 2.16. The van der Waals surface area contributed by atoms with Crippen LogP contribution in [0, 0.1) is 0 Å². The van der Waals surface area contributed by atoms with Crippen LogP contribution in [0.1, 0.15) is 6.92 Å². The van der Waals surface area contributed by atoms with Gasteiger partial charge in [-0.1, -0.05) is 16.4 Å². The zero-order valence-corrected chi connectivity index (χ0v) is 12.3. The molecule has 1 saturated heterocycles. The summed E-state index contributed by atoms with van der Waals surface area (Å²) in [6.07, 6.45) is -0.660. The lowest BCUT2D eigenvalue weighted by Gasteiger charge is -2.28. The molecular formula is C13H15ClN4O3. The maximum atomic E-state index is 12.3. The van der Waals surface area contributed by atoms with Crippen molar-refractivity contribution in [1.82, 2.24) is 20.1 Å². The van der Waals surface area contributed by atoms with Gasteiger partial charge in [-0.2, -0.15) is 0 Å². The van der Waals surface area contributed by atoms with Gasteiger partial charge in [0, 0.05) is 18.1 Å². The smallest absolute Gasteiger partial charge is 0.266 e. The van der Waals surface area contributed by atoms with Gasteiger partial charge in [-0.3, -0.25) is 4.79 Å². The van der Waals surface area contributed by atoms with Gasteiger partial charge >= 0.3 is 0 Å². The van der Waals surface area contributed by atoms with Crippen molar-refractivity contribution in [1.29, 1.82) is 0 Å². The first-order chi connectivity index (χ1) is 10.1. The zero-order chi connectivity index (χ0) is 14.8. The number of hydrogen-bond acceptors (Lipinski definition) is 5. The molecule has 0 bridgehead atoms. The zero-order valence-electron chi connectivity index (χ0n) is 11.5. The number of amides is 1. The summed E-state index contributed by atoms with van der Waals surface area (Å²) in [5.41, 5.74) is 1.29. The molecule has 112 valence electrons. The molecule has 0 radical (unpaired) electrons. The molecule has 2 aromatic rings. The van der Waals surface area contributed by atoms with Crippen LogP contribution in [0.25, 0.3) is 11.0 Å². The summed E-state index contributed by atoms with van der Waals surface area (Å²) in [6.45, 7) is 3.96. The quantitative estimate of drug-likeness (QED) is 0.837. The second kappa shape index (κ2) is 5.87. The number of hydrogen-bond donors (Lipinski definition) is 0. The van der Waals surface area contributed by atoms with E-state index < -0.39 is 6.10 Å². The van der Waals surface area contributed by atoms with Crippen molar-refractivity contribution in [3.63, 3.8) is 0 Å². The van der Waals surface area contributed by atoms with Crippen molar-refractivity contribution >= 4 is 28.5 Å². The van der Waals surface area contributed by atoms with Gasteiger partial charge in [0.2, 0.25) is 6.10 Å². The minimum atomic E-state index is -0.660. The average molecular weight is 311 g/mol. The number of aromatic nitrogens is 3. The Labute approximate surface area is 126 Å². The van der Waals surface area contributed by atoms with Crippen LogP contribution in [0.2, 0.25) is 5.02 Å². The summed E-state index contributed by atoms with van der Waals surface area (Å²) >= 11 is 5.95. The molecule has 7 nitrogen and oxygen atoms in total. The summed E-state index contributed by atoms with van der Waals surface area (Å²) in [5, 5.41) is 8.42. The second-order valence-corrected chi connectivity index (χ2v) is 5.22. The number of morpholine rings is 1. The topological polar surface area (TPSA) is 69.5 Å². The molecule has 2 heterocycles. The normalized spacial score (nSPS) is 17.0. The number of rotatable bonds is 3. The Balaban J connectivity index is 1.74. The highest BCUT2D eigenvalue weighted by molar-refractivity contribution is 6.31. The third-order valence-electron chi connectivity index (χ3n) is 3.31. The summed E-state index contributed by atoms with van der Waals surface area (Å²) in [7, 11) is 0. The molecule has 1 aliphatic heterocycles. The standard InChI is InChI=1S/C13H15ClN4O3/c1-9(13(19)17-4-6-20-7-5-17)21-18-12-8-10(14)2-3-11(12)15-16-18/h2-3,8-9H,4-7H2,1H3/t9-/m1/s1. The fraction of sp³-hybridized carbons (Fsp3) is 0.462. The predicted molar refractivity (Wildman–Crippen MR) is 76.0 cm³/mol. The highest BCUT2D eigenvalue weighted by atomic mass is 35.5. The summed E-state index contributed by atoms with van der Waals surface area (Å²) in [5.74, 6) is -0.0935. The Morgan fingerprint density at radius 3 is 2.95 bits per heavy atom. The van der Waals surface area contributed by atoms with Crippen LogP contribution < -0.4 is 4.84 Å². The van der Waals surface area contributed by atoms with Crippen LogP contribution in [0.15, 0.2) is 18.2 Å². The van der Waals surface area contributed by atoms with Crippen molar-refractivity contribution in [3.05, 3.63) is 23.2 Å². The van der Waals surface area contributed by atoms with Gasteiger partial charge in [0.05, 0.1) is 13.2 Å². The first-order valence-electron chi connectivity index (χ1n) is 6.70. The largest absolute Gasteiger partial charge is 0.382 e. The van der Waals surface area contributed by atoms with Crippen LogP contribution in [0.3, 0.4) is 0 Å². The Morgan fingerprint density at radius 1 is 1.43 bits per heavy atom. The van der Waals surface area contributed by atoms with Crippen LogP contribution in [0.5, 0.6) is 0 Å². The molecule has 1 aliphatic rings. The Morgan fingerprint density at radius 2 is 2.19 bits per heavy atom. The van der Waals surface area contributed by atoms with Crippen molar-refractivity contribution < 1.29 is 14.4 Å². The third-order valence-corrected chi connectivity index (χ3v) is 3.54. The molecule has 21 heavy (non-hydrogen) atoms. The molecule has 0 spiro atoms. The Hall–Kier alpha value is -1.86. The van der Waals surface area contributed by atoms with Gasteiger partial charge in [0.1, 0.15) is 11.0 Å². The lowest BCUT2D eigenvalue weighted by molar-refractivity contribution is -0.147. The summed E-state index contributed by atoms with van der Waals surface area (Å²) in [6, 6.07) is 5.17. The molecule has 0 aliphatic carbocycles. The lowest BCUT2D eigenvalue weighted by Crippen LogP contribution is -2.47. The molecule has 0 unspecified atom stereocenters. The van der Waals surface area contributed by atoms with Gasteiger partial charge in [0.15, 0.2) is 0 Å². The van der Waals surface area contributed by atoms with Crippen LogP contribution >= 0.6 is 11.6 Å². The lowest BCUT2D eigenvalue weighted by atomic mass is 10.3. The van der Waals surface area contributed by atoms with Gasteiger partial charge in [-0.15, -0.1) is 5.10 Å². The molecule has 1 fully saturated rings. The maximum absolute atomic E-state index is 12.3. The molecule has 1 aromatic carbocycles. The van der Waals surface area contributed by atoms with Crippen LogP contribution in [-0.4, -0.2) is 58.4 Å². The SMILES string of the molecule is C[C@@H](On1nnc2ccc(Cl)cc21)C(=O)N1CCOCC1. The van der Waals surface area contributed by atoms with Gasteiger partial charge in [-0.05, 0) is 30.3 Å². The van der Waals surface area contributed by atoms with Gasteiger partial charge in [-0.25, -0.2) is 0 Å². The molecule has 0 saturated carbocycles. The van der Waals surface area contributed by atoms with E-state index in [0.717, 1.165) is 0 Å². The Kier molecular flexibility index (Phi) is 3.94. The third kappa shape index (κ3) is 2.93. The van der Waals surface area contributed by atoms with E-state index in [-0.39, 0.29) is 5.91 Å². The second-order valence-electron chi connectivity index (χ2n) is 4.78. The molecule has 0 N–H and O–H groups in total. The van der Waals surface area contributed by atoms with Crippen molar-refractivity contribution in [2.75, 3.05) is 26.3 Å². The summed E-state index contributed by atoms with van der Waals surface area (Å²) in [4.78, 5) is 20.8. The molecular weight excluding hydrogens is 296 g/mol. The molecule has 1 aromatic heterocycles. The van der Waals surface area contributed by atoms with Crippen LogP contribution in [-0.2, 0) is 9.53 Å². The number of nitrogens with zero attached hydrogens (tertiary/aromatic N) is 4. The van der Waals surface area contributed by atoms with Gasteiger partial charge < -0.3 is 14.5 Å². The van der Waals surface area contributed by atoms with Crippen LogP contribution in [0.4, 0.5) is 0 Å². The van der Waals surface area contributed by atoms with E-state index in [1.165, 1.54) is 4.85 Å². The molecule has 1 amide bonds. The molecule has 8 heteroatoms. The van der Waals surface area contributed by atoms with Crippen molar-refractivity contribution in [3.8, 4) is 0 Å². The van der Waals surface area contributed by atoms with E-state index in [2.05, 4.69) is 10.3 Å². The van der Waals surface area contributed by atoms with E-state index in [0.29, 0.717) is 42.4 Å². The fourth-order valence-electron chi connectivity index (χ4n) is 2.18. The van der Waals surface area contributed by atoms with Crippen molar-refractivity contribution in [2.24, 2.45) is 0 Å². The molecule has 3 rings (SSSR count). The number of fused-ring (bicyclic) bond motifs is 1. The van der Waals surface area contributed by atoms with Crippen molar-refractivity contribution in [2.45, 2.75) is 13.0 Å². The van der Waals surface area contributed by atoms with E-state index >= 15 is 0 Å². The van der Waals surface area contributed by atoms with E-state index in [1.54, 1.807) is 30.0 Å². The van der Waals surface area contributed by atoms with E-state index in [9.17, 15) is 4.79 Å². The average Bonchev–Trinajstić information content (AvgIpc) is 2.89. The first kappa shape index (κ1) is 14.1.